The minimum Gasteiger partial charge on any atom is -0.303 e. The highest BCUT2D eigenvalue weighted by Gasteiger charge is 2.25. The Morgan fingerprint density at radius 2 is 1.79 bits per heavy atom. The zero-order valence-electron chi connectivity index (χ0n) is 9.16. The molecule has 0 fully saturated rings. The van der Waals surface area contributed by atoms with Crippen molar-refractivity contribution in [1.82, 2.24) is 0 Å². The summed E-state index contributed by atoms with van der Waals surface area (Å²) in [5.74, 6) is 0.321. The van der Waals surface area contributed by atoms with Crippen LogP contribution >= 0.6 is 0 Å². The lowest BCUT2D eigenvalue weighted by Gasteiger charge is -2.29. The normalized spacial score (nSPS) is 13.6. The number of aldehydes is 1. The number of carbonyl (C=O) groups is 1. The summed E-state index contributed by atoms with van der Waals surface area (Å²) in [6.45, 7) is 6.52. The second kappa shape index (κ2) is 4.41. The van der Waals surface area contributed by atoms with E-state index >= 15 is 0 Å². The van der Waals surface area contributed by atoms with Crippen molar-refractivity contribution in [2.75, 3.05) is 0 Å². The molecule has 0 saturated carbocycles. The number of benzene rings is 1. The van der Waals surface area contributed by atoms with Crippen molar-refractivity contribution in [2.24, 2.45) is 5.41 Å². The zero-order valence-corrected chi connectivity index (χ0v) is 9.16. The third-order valence-corrected chi connectivity index (χ3v) is 2.58. The van der Waals surface area contributed by atoms with Gasteiger partial charge in [-0.05, 0) is 16.9 Å². The SMILES string of the molecule is CC(C)(C)[C@@H](CC=O)c1ccccc1. The smallest absolute Gasteiger partial charge is 0.120 e. The highest BCUT2D eigenvalue weighted by Crippen LogP contribution is 2.36. The maximum atomic E-state index is 10.6. The number of hydrogen-bond donors (Lipinski definition) is 0. The molecule has 0 aromatic heterocycles. The van der Waals surface area contributed by atoms with Crippen molar-refractivity contribution >= 4 is 6.29 Å². The third-order valence-electron chi connectivity index (χ3n) is 2.58. The van der Waals surface area contributed by atoms with Crippen LogP contribution in [0.1, 0.15) is 38.7 Å². The molecule has 1 rings (SSSR count). The molecular formula is C13H18O. The first-order valence-corrected chi connectivity index (χ1v) is 5.04. The number of rotatable bonds is 3. The fraction of sp³-hybridized carbons (Fsp3) is 0.462. The van der Waals surface area contributed by atoms with Gasteiger partial charge in [-0.1, -0.05) is 51.1 Å². The van der Waals surface area contributed by atoms with Gasteiger partial charge in [-0.25, -0.2) is 0 Å². The van der Waals surface area contributed by atoms with Gasteiger partial charge in [-0.15, -0.1) is 0 Å². The molecule has 0 amide bonds. The lowest BCUT2D eigenvalue weighted by molar-refractivity contribution is -0.108. The summed E-state index contributed by atoms with van der Waals surface area (Å²) < 4.78 is 0. The van der Waals surface area contributed by atoms with Crippen LogP contribution in [-0.2, 0) is 4.79 Å². The van der Waals surface area contributed by atoms with Crippen molar-refractivity contribution in [2.45, 2.75) is 33.1 Å². The highest BCUT2D eigenvalue weighted by atomic mass is 16.1. The van der Waals surface area contributed by atoms with Gasteiger partial charge in [0, 0.05) is 6.42 Å². The summed E-state index contributed by atoms with van der Waals surface area (Å²) in [6, 6.07) is 10.3. The number of hydrogen-bond acceptors (Lipinski definition) is 1. The van der Waals surface area contributed by atoms with E-state index < -0.39 is 0 Å². The van der Waals surface area contributed by atoms with Gasteiger partial charge >= 0.3 is 0 Å². The fourth-order valence-corrected chi connectivity index (χ4v) is 1.77. The molecule has 0 aliphatic rings. The van der Waals surface area contributed by atoms with Gasteiger partial charge in [0.25, 0.3) is 0 Å². The van der Waals surface area contributed by atoms with Crippen LogP contribution in [0.4, 0.5) is 0 Å². The number of carbonyl (C=O) groups excluding carboxylic acids is 1. The summed E-state index contributed by atoms with van der Waals surface area (Å²) >= 11 is 0. The molecule has 0 bridgehead atoms. The lowest BCUT2D eigenvalue weighted by atomic mass is 9.75. The molecule has 1 nitrogen and oxygen atoms in total. The van der Waals surface area contributed by atoms with Gasteiger partial charge in [-0.3, -0.25) is 0 Å². The summed E-state index contributed by atoms with van der Waals surface area (Å²) in [4.78, 5) is 10.6. The van der Waals surface area contributed by atoms with Gasteiger partial charge in [-0.2, -0.15) is 0 Å². The van der Waals surface area contributed by atoms with Crippen LogP contribution in [0, 0.1) is 5.41 Å². The van der Waals surface area contributed by atoms with E-state index in [4.69, 9.17) is 0 Å². The predicted octanol–water partition coefficient (Wildman–Crippen LogP) is 3.41. The molecule has 76 valence electrons. The lowest BCUT2D eigenvalue weighted by Crippen LogP contribution is -2.18. The molecule has 0 aliphatic heterocycles. The van der Waals surface area contributed by atoms with E-state index in [1.807, 2.05) is 18.2 Å². The second-order valence-corrected chi connectivity index (χ2v) is 4.73. The Hall–Kier alpha value is -1.11. The molecule has 1 heteroatoms. The quantitative estimate of drug-likeness (QED) is 0.667. The molecule has 14 heavy (non-hydrogen) atoms. The molecular weight excluding hydrogens is 172 g/mol. The Morgan fingerprint density at radius 3 is 2.21 bits per heavy atom. The van der Waals surface area contributed by atoms with Crippen molar-refractivity contribution in [3.05, 3.63) is 35.9 Å². The minimum atomic E-state index is 0.141. The Kier molecular flexibility index (Phi) is 3.45. The van der Waals surface area contributed by atoms with Crippen LogP contribution in [0.3, 0.4) is 0 Å². The Morgan fingerprint density at radius 1 is 1.21 bits per heavy atom. The first kappa shape index (κ1) is 11.0. The van der Waals surface area contributed by atoms with Crippen LogP contribution in [0.2, 0.25) is 0 Å². The van der Waals surface area contributed by atoms with Crippen LogP contribution in [0.15, 0.2) is 30.3 Å². The van der Waals surface area contributed by atoms with Gasteiger partial charge in [0.1, 0.15) is 6.29 Å². The molecule has 0 aliphatic carbocycles. The predicted molar refractivity (Wildman–Crippen MR) is 59.3 cm³/mol. The molecule has 0 saturated heterocycles. The Bertz CT molecular complexity index is 282. The van der Waals surface area contributed by atoms with Crippen LogP contribution in [-0.4, -0.2) is 6.29 Å². The third kappa shape index (κ3) is 2.69. The highest BCUT2D eigenvalue weighted by molar-refractivity contribution is 5.52. The largest absolute Gasteiger partial charge is 0.303 e. The van der Waals surface area contributed by atoms with Crippen molar-refractivity contribution < 1.29 is 4.79 Å². The van der Waals surface area contributed by atoms with Gasteiger partial charge in [0.05, 0.1) is 0 Å². The van der Waals surface area contributed by atoms with E-state index in [0.29, 0.717) is 12.3 Å². The second-order valence-electron chi connectivity index (χ2n) is 4.73. The fourth-order valence-electron chi connectivity index (χ4n) is 1.77. The van der Waals surface area contributed by atoms with Gasteiger partial charge in [0.15, 0.2) is 0 Å². The van der Waals surface area contributed by atoms with Gasteiger partial charge in [0.2, 0.25) is 0 Å². The van der Waals surface area contributed by atoms with Crippen LogP contribution < -0.4 is 0 Å². The molecule has 1 atom stereocenters. The summed E-state index contributed by atoms with van der Waals surface area (Å²) in [5, 5.41) is 0. The summed E-state index contributed by atoms with van der Waals surface area (Å²) in [6.07, 6.45) is 1.62. The maximum Gasteiger partial charge on any atom is 0.120 e. The first-order valence-electron chi connectivity index (χ1n) is 5.04. The van der Waals surface area contributed by atoms with E-state index in [-0.39, 0.29) is 5.41 Å². The molecule has 1 aromatic rings. The molecule has 1 aromatic carbocycles. The molecule has 0 spiro atoms. The van der Waals surface area contributed by atoms with E-state index in [2.05, 4.69) is 32.9 Å². The maximum absolute atomic E-state index is 10.6. The monoisotopic (exact) mass is 190 g/mol. The molecule has 0 N–H and O–H groups in total. The molecule has 0 radical (unpaired) electrons. The van der Waals surface area contributed by atoms with E-state index in [9.17, 15) is 4.79 Å². The molecule has 0 heterocycles. The van der Waals surface area contributed by atoms with Crippen molar-refractivity contribution in [3.8, 4) is 0 Å². The zero-order chi connectivity index (χ0) is 10.6. The average Bonchev–Trinajstić information content (AvgIpc) is 2.14. The first-order chi connectivity index (χ1) is 6.55. The van der Waals surface area contributed by atoms with Crippen molar-refractivity contribution in [3.63, 3.8) is 0 Å². The van der Waals surface area contributed by atoms with E-state index in [0.717, 1.165) is 6.29 Å². The van der Waals surface area contributed by atoms with E-state index in [1.165, 1.54) is 5.56 Å². The Balaban J connectivity index is 2.95. The van der Waals surface area contributed by atoms with Gasteiger partial charge < -0.3 is 4.79 Å². The van der Waals surface area contributed by atoms with Crippen LogP contribution in [0.25, 0.3) is 0 Å². The van der Waals surface area contributed by atoms with Crippen molar-refractivity contribution in [1.29, 1.82) is 0 Å². The topological polar surface area (TPSA) is 17.1 Å². The van der Waals surface area contributed by atoms with Crippen LogP contribution in [0.5, 0.6) is 0 Å². The molecule has 0 unspecified atom stereocenters. The summed E-state index contributed by atoms with van der Waals surface area (Å²) in [7, 11) is 0. The minimum absolute atomic E-state index is 0.141. The Labute approximate surface area is 86.1 Å². The average molecular weight is 190 g/mol. The summed E-state index contributed by atoms with van der Waals surface area (Å²) in [5.41, 5.74) is 1.40. The standard InChI is InChI=1S/C13H18O/c1-13(2,3)12(9-10-14)11-7-5-4-6-8-11/h4-8,10,12H,9H2,1-3H3/t12-/m0/s1. The van der Waals surface area contributed by atoms with E-state index in [1.54, 1.807) is 0 Å².